The number of hydrogen-bond donors (Lipinski definition) is 22. The van der Waals surface area contributed by atoms with Gasteiger partial charge in [0, 0.05) is 58.7 Å². The summed E-state index contributed by atoms with van der Waals surface area (Å²) in [6.45, 7) is 5.38. The number of amides is 7. The van der Waals surface area contributed by atoms with Crippen molar-refractivity contribution in [3.63, 3.8) is 0 Å². The highest BCUT2D eigenvalue weighted by molar-refractivity contribution is 7.13. The molecule has 0 spiro atoms. The number of nitrogens with zero attached hydrogens (tertiary/aromatic N) is 1. The zero-order valence-electron chi connectivity index (χ0n) is 66.7. The number of hydrogen-bond acceptors (Lipinski definition) is 32. The second kappa shape index (κ2) is 38.1. The number of thiazole rings is 1. The molecule has 124 heavy (non-hydrogen) atoms. The van der Waals surface area contributed by atoms with Crippen LogP contribution in [0.4, 0.5) is 0 Å². The van der Waals surface area contributed by atoms with E-state index in [1.807, 2.05) is 35.7 Å². The van der Waals surface area contributed by atoms with Crippen LogP contribution in [0.2, 0.25) is 10.0 Å². The van der Waals surface area contributed by atoms with Gasteiger partial charge in [-0.05, 0) is 110 Å². The van der Waals surface area contributed by atoms with Crippen molar-refractivity contribution in [3.05, 3.63) is 158 Å². The maximum absolute atomic E-state index is 16.4. The number of aliphatic hydroxyl groups is 8. The average molecular weight is 1780 g/mol. The molecule has 0 saturated carbocycles. The Morgan fingerprint density at radius 2 is 1.32 bits per heavy atom. The average Bonchev–Trinajstić information content (AvgIpc) is 0.838. The number of likely N-dealkylation sites (N-methyl/N-ethyl adjacent to an activating group) is 1. The van der Waals surface area contributed by atoms with Crippen LogP contribution < -0.4 is 68.2 Å². The van der Waals surface area contributed by atoms with E-state index in [2.05, 4.69) is 47.5 Å². The molecule has 0 radical (unpaired) electrons. The topological polar surface area (TPSA) is 614 Å². The first-order chi connectivity index (χ1) is 58.9. The summed E-state index contributed by atoms with van der Waals surface area (Å²) in [7, 11) is 1.46. The summed E-state index contributed by atoms with van der Waals surface area (Å²) in [5, 5.41) is 162. The third-order valence-electron chi connectivity index (χ3n) is 21.9. The van der Waals surface area contributed by atoms with E-state index in [4.69, 9.17) is 72.6 Å². The van der Waals surface area contributed by atoms with E-state index in [0.29, 0.717) is 5.69 Å². The molecular weight excluding hydrogens is 1690 g/mol. The van der Waals surface area contributed by atoms with Gasteiger partial charge in [0.05, 0.1) is 47.0 Å². The Morgan fingerprint density at radius 1 is 0.685 bits per heavy atom. The Labute approximate surface area is 720 Å². The number of halogens is 2. The Balaban J connectivity index is 0.972. The fraction of sp³-hybridized carbons (Fsp3) is 0.427. The van der Waals surface area contributed by atoms with Crippen LogP contribution in [0.1, 0.15) is 111 Å². The first kappa shape index (κ1) is 91.2. The fourth-order valence-corrected chi connectivity index (χ4v) is 16.7. The summed E-state index contributed by atoms with van der Waals surface area (Å²) in [5.41, 5.74) is 9.49. The van der Waals surface area contributed by atoms with Crippen LogP contribution in [0.3, 0.4) is 0 Å². The van der Waals surface area contributed by atoms with E-state index in [0.717, 1.165) is 77.3 Å². The third-order valence-corrected chi connectivity index (χ3v) is 23.4. The summed E-state index contributed by atoms with van der Waals surface area (Å²) in [4.78, 5) is 125. The van der Waals surface area contributed by atoms with Crippen LogP contribution in [0.5, 0.6) is 46.0 Å². The highest BCUT2D eigenvalue weighted by atomic mass is 35.5. The number of benzene rings is 6. The number of carbonyl (C=O) groups excluding carboxylic acids is 7. The molecular formula is C82H93Cl2N11O28S. The summed E-state index contributed by atoms with van der Waals surface area (Å²) in [5.74, 6) is -16.6. The second-order valence-corrected chi connectivity index (χ2v) is 33.2. The van der Waals surface area contributed by atoms with Crippen LogP contribution in [-0.4, -0.2) is 243 Å². The van der Waals surface area contributed by atoms with Crippen LogP contribution in [0.25, 0.3) is 21.7 Å². The van der Waals surface area contributed by atoms with Gasteiger partial charge in [-0.15, -0.1) is 11.3 Å². The number of aliphatic carboxylic acids is 1. The number of aromatic nitrogens is 1. The first-order valence-electron chi connectivity index (χ1n) is 39.2. The number of carbonyl (C=O) groups is 8. The lowest BCUT2D eigenvalue weighted by molar-refractivity contribution is -0.350. The lowest BCUT2D eigenvalue weighted by Gasteiger charge is -2.46. The minimum Gasteiger partial charge on any atom is -0.508 e. The molecule has 6 aromatic carbocycles. The van der Waals surface area contributed by atoms with E-state index in [9.17, 15) is 75.7 Å². The van der Waals surface area contributed by atoms with Crippen molar-refractivity contribution < 1.29 is 138 Å². The number of nitrogens with two attached hydrogens (primary N) is 2. The lowest BCUT2D eigenvalue weighted by atomic mass is 9.86. The van der Waals surface area contributed by atoms with E-state index >= 15 is 24.0 Å². The van der Waals surface area contributed by atoms with Gasteiger partial charge in [-0.2, -0.15) is 0 Å². The van der Waals surface area contributed by atoms with E-state index in [1.165, 1.54) is 44.4 Å². The van der Waals surface area contributed by atoms with Gasteiger partial charge in [0.1, 0.15) is 125 Å². The molecule has 15 rings (SSSR count). The predicted octanol–water partition coefficient (Wildman–Crippen LogP) is 0.851. The number of aromatic hydroxyl groups is 3. The van der Waals surface area contributed by atoms with Crippen molar-refractivity contribution in [1.29, 1.82) is 0 Å². The number of phenolic OH excluding ortho intramolecular Hbond substituents is 3. The molecule has 7 aromatic rings. The molecule has 11 bridgehead atoms. The molecule has 1 aromatic heterocycles. The summed E-state index contributed by atoms with van der Waals surface area (Å²) in [6.07, 6.45) is -29.1. The molecule has 39 nitrogen and oxygen atoms in total. The molecule has 9 heterocycles. The van der Waals surface area contributed by atoms with Crippen molar-refractivity contribution >= 4 is 81.9 Å². The SMILES string of the molecule is CN[C@H](CC(C)C)C(=O)N[C@H]1C(=O)N[C@@H](CC(N)=O)C(=O)N[C@H]2C(=O)N[C@H]3C(=O)N[C@H](C(=O)N[C@@H](C(=O)O)c4cc(O)cc(O)c4-c4cc3ccc4O)[C@H](OC3C[C@](C)(N)[C@@H](O)[C@H](C)O3)c3ccc(c(Cl)c3)Oc3cc2cc(c3O[C@@H]2O[C@H](CO)[C@@H](O[C@@H]3O[C@H](CNCc4csc(-c5ccccc5)n4)[C@H](O)[C@H](O)[C@H]3O)[C@H](O)[C@H]2O)Oc2ccc(cc2Cl)[C@H]1O. The van der Waals surface area contributed by atoms with Gasteiger partial charge in [0.25, 0.3) is 0 Å². The maximum atomic E-state index is 16.4. The zero-order chi connectivity index (χ0) is 89.4. The van der Waals surface area contributed by atoms with Crippen molar-refractivity contribution in [2.75, 3.05) is 20.2 Å². The molecule has 664 valence electrons. The van der Waals surface area contributed by atoms with Gasteiger partial charge in [-0.25, -0.2) is 9.78 Å². The number of rotatable bonds is 20. The van der Waals surface area contributed by atoms with Gasteiger partial charge in [-0.3, -0.25) is 33.6 Å². The normalized spacial score (nSPS) is 29.9. The molecule has 23 atom stereocenters. The minimum atomic E-state index is -2.42. The van der Waals surface area contributed by atoms with Crippen LogP contribution >= 0.6 is 34.5 Å². The molecule has 3 saturated heterocycles. The smallest absolute Gasteiger partial charge is 0.330 e. The van der Waals surface area contributed by atoms with Gasteiger partial charge < -0.3 is 153 Å². The quantitative estimate of drug-likeness (QED) is 0.0503. The number of phenols is 3. The molecule has 0 aliphatic carbocycles. The first-order valence-corrected chi connectivity index (χ1v) is 40.9. The van der Waals surface area contributed by atoms with Crippen molar-refractivity contribution in [1.82, 2.24) is 47.5 Å². The third kappa shape index (κ3) is 19.7. The van der Waals surface area contributed by atoms with Gasteiger partial charge in [0.2, 0.25) is 53.4 Å². The molecule has 7 amide bonds. The van der Waals surface area contributed by atoms with Crippen molar-refractivity contribution in [2.24, 2.45) is 17.4 Å². The highest BCUT2D eigenvalue weighted by Crippen LogP contribution is 2.50. The monoisotopic (exact) mass is 1780 g/mol. The molecule has 8 aliphatic heterocycles. The van der Waals surface area contributed by atoms with Crippen LogP contribution in [-0.2, 0) is 68.6 Å². The number of ether oxygens (including phenoxy) is 8. The Bertz CT molecular complexity index is 5170. The molecule has 24 N–H and O–H groups in total. The van der Waals surface area contributed by atoms with Gasteiger partial charge in [-0.1, -0.05) is 85.6 Å². The van der Waals surface area contributed by atoms with Crippen LogP contribution in [0, 0.1) is 5.92 Å². The van der Waals surface area contributed by atoms with Crippen molar-refractivity contribution in [2.45, 2.75) is 193 Å². The van der Waals surface area contributed by atoms with Gasteiger partial charge >= 0.3 is 5.97 Å². The number of fused-ring (bicyclic) bond motifs is 15. The molecule has 1 unspecified atom stereocenters. The Hall–Kier alpha value is -10.5. The standard InChI is InChI=1S/C82H93Cl2N11O28S/c1-31(2)17-44(87-5)72(108)94-60-62(101)35-12-15-48(42(83)19-35)117-50-21-37-22-51(69(50)122-81-67(106)65(104)70(53(29-96)120-81)123-80-66(105)64(103)63(102)52(119-80)28-88-27-38-30-124-78(89-38)33-9-7-6-8-10-33)118-49-16-13-36(20-43(49)84)68(121-55-26-82(4,86)71(107)32(3)116-55)61-77(113)93-59(79(114)115)41-23-39(97)24-47(99)56(41)40-18-34(11-14-46(40)98)57(74(110)95-61)92-75(111)58(37)91-73(109)45(25-54(85)100)90-76(60)112/h6-16,18-24,30-32,44-45,52-53,55,57-68,70-71,80-81,87-88,96-99,101-107H,17,25-29,86H2,1-5H3,(H2,85,100)(H,90,112)(H,91,109)(H,92,111)(H,93,113)(H,94,108)(H,95,110)(H,114,115)/t32-,44+,45-,52+,53+,55?,57+,58+,59+,60+,61-,62+,63-,64-,65+,66+,67+,68+,70+,71-,80-,81-,82-/m0/s1. The lowest BCUT2D eigenvalue weighted by Crippen LogP contribution is -2.65. The number of nitrogens with one attached hydrogen (secondary N) is 8. The number of primary amides is 1. The van der Waals surface area contributed by atoms with E-state index in [1.54, 1.807) is 13.8 Å². The van der Waals surface area contributed by atoms with Crippen molar-refractivity contribution in [3.8, 4) is 67.7 Å². The number of carboxylic acids is 1. The maximum Gasteiger partial charge on any atom is 0.330 e. The Kier molecular flexibility index (Phi) is 28.0. The van der Waals surface area contributed by atoms with Gasteiger partial charge in [0.15, 0.2) is 30.1 Å². The summed E-state index contributed by atoms with van der Waals surface area (Å²) < 4.78 is 51.2. The van der Waals surface area contributed by atoms with E-state index < -0.39 is 279 Å². The Morgan fingerprint density at radius 3 is 1.97 bits per heavy atom. The summed E-state index contributed by atoms with van der Waals surface area (Å²) in [6, 6.07) is 8.38. The fourth-order valence-electron chi connectivity index (χ4n) is 15.4. The number of aliphatic hydroxyl groups excluding tert-OH is 8. The molecule has 42 heteroatoms. The van der Waals surface area contributed by atoms with E-state index in [-0.39, 0.29) is 48.5 Å². The largest absolute Gasteiger partial charge is 0.508 e. The number of carboxylic acid groups (broad SMARTS) is 1. The summed E-state index contributed by atoms with van der Waals surface area (Å²) >= 11 is 15.9. The second-order valence-electron chi connectivity index (χ2n) is 31.5. The molecule has 8 aliphatic rings. The predicted molar refractivity (Wildman–Crippen MR) is 434 cm³/mol. The zero-order valence-corrected chi connectivity index (χ0v) is 69.0. The molecule has 3 fully saturated rings. The highest BCUT2D eigenvalue weighted by Gasteiger charge is 2.53. The van der Waals surface area contributed by atoms with Crippen LogP contribution in [0.15, 0.2) is 115 Å². The minimum absolute atomic E-state index is 0.128.